The van der Waals surface area contributed by atoms with Crippen molar-refractivity contribution >= 4 is 11.6 Å². The number of hydrogen-bond acceptors (Lipinski definition) is 6. The first kappa shape index (κ1) is 15.7. The van der Waals surface area contributed by atoms with Crippen molar-refractivity contribution in [1.29, 1.82) is 0 Å². The minimum absolute atomic E-state index is 0.252. The molecule has 1 aromatic rings. The highest BCUT2D eigenvalue weighted by Crippen LogP contribution is 2.39. The third-order valence-corrected chi connectivity index (χ3v) is 3.09. The summed E-state index contributed by atoms with van der Waals surface area (Å²) in [5.74, 6) is 1.24. The maximum atomic E-state index is 11.9. The first-order valence-electron chi connectivity index (χ1n) is 6.58. The van der Waals surface area contributed by atoms with Crippen LogP contribution in [0.4, 0.5) is 0 Å². The van der Waals surface area contributed by atoms with E-state index in [2.05, 4.69) is 10.5 Å². The van der Waals surface area contributed by atoms with E-state index < -0.39 is 0 Å². The van der Waals surface area contributed by atoms with Crippen molar-refractivity contribution in [2.24, 2.45) is 5.10 Å². The fourth-order valence-corrected chi connectivity index (χ4v) is 2.15. The van der Waals surface area contributed by atoms with E-state index in [0.29, 0.717) is 34.1 Å². The minimum atomic E-state index is -0.252. The van der Waals surface area contributed by atoms with Gasteiger partial charge in [-0.25, -0.2) is 5.43 Å². The SMILES string of the molecule is COc1cc(C2=NNC(=O)C2=CN(C)C)cc(OC)c1OC. The van der Waals surface area contributed by atoms with E-state index in [1.54, 1.807) is 23.2 Å². The molecule has 1 heterocycles. The molecule has 2 rings (SSSR count). The predicted octanol–water partition coefficient (Wildman–Crippen LogP) is 0.992. The van der Waals surface area contributed by atoms with Gasteiger partial charge in [-0.3, -0.25) is 4.79 Å². The van der Waals surface area contributed by atoms with Gasteiger partial charge in [-0.2, -0.15) is 5.10 Å². The van der Waals surface area contributed by atoms with E-state index in [1.807, 2.05) is 14.1 Å². The molecule has 7 nitrogen and oxygen atoms in total. The maximum Gasteiger partial charge on any atom is 0.275 e. The molecule has 1 aliphatic heterocycles. The van der Waals surface area contributed by atoms with Crippen molar-refractivity contribution in [1.82, 2.24) is 10.3 Å². The lowest BCUT2D eigenvalue weighted by atomic mass is 10.0. The number of carbonyl (C=O) groups excluding carboxylic acids is 1. The third kappa shape index (κ3) is 2.83. The van der Waals surface area contributed by atoms with Crippen LogP contribution in [-0.2, 0) is 4.79 Å². The predicted molar refractivity (Wildman–Crippen MR) is 82.5 cm³/mol. The van der Waals surface area contributed by atoms with Gasteiger partial charge in [0.05, 0.1) is 26.9 Å². The highest BCUT2D eigenvalue weighted by atomic mass is 16.5. The van der Waals surface area contributed by atoms with Gasteiger partial charge in [-0.1, -0.05) is 0 Å². The molecule has 0 atom stereocenters. The summed E-state index contributed by atoms with van der Waals surface area (Å²) in [6, 6.07) is 3.51. The van der Waals surface area contributed by atoms with Crippen LogP contribution in [0.5, 0.6) is 17.2 Å². The largest absolute Gasteiger partial charge is 0.493 e. The van der Waals surface area contributed by atoms with Crippen molar-refractivity contribution in [3.05, 3.63) is 29.5 Å². The lowest BCUT2D eigenvalue weighted by Crippen LogP contribution is -2.17. The van der Waals surface area contributed by atoms with Crippen LogP contribution in [-0.4, -0.2) is 51.9 Å². The smallest absolute Gasteiger partial charge is 0.275 e. The zero-order chi connectivity index (χ0) is 16.3. The topological polar surface area (TPSA) is 72.4 Å². The van der Waals surface area contributed by atoms with Gasteiger partial charge in [0, 0.05) is 25.9 Å². The van der Waals surface area contributed by atoms with Crippen LogP contribution in [0.3, 0.4) is 0 Å². The highest BCUT2D eigenvalue weighted by molar-refractivity contribution is 6.31. The van der Waals surface area contributed by atoms with Crippen molar-refractivity contribution in [2.45, 2.75) is 0 Å². The van der Waals surface area contributed by atoms with Gasteiger partial charge < -0.3 is 19.1 Å². The van der Waals surface area contributed by atoms with Crippen molar-refractivity contribution in [2.75, 3.05) is 35.4 Å². The molecule has 0 saturated carbocycles. The number of methoxy groups -OCH3 is 3. The van der Waals surface area contributed by atoms with Gasteiger partial charge in [0.25, 0.3) is 5.91 Å². The Kier molecular flexibility index (Phi) is 4.55. The molecule has 0 fully saturated rings. The molecule has 1 amide bonds. The quantitative estimate of drug-likeness (QED) is 0.821. The Morgan fingerprint density at radius 2 is 1.68 bits per heavy atom. The molecule has 0 radical (unpaired) electrons. The Morgan fingerprint density at radius 1 is 1.09 bits per heavy atom. The van der Waals surface area contributed by atoms with Gasteiger partial charge in [0.1, 0.15) is 5.71 Å². The molecule has 1 aromatic carbocycles. The molecule has 1 N–H and O–H groups in total. The van der Waals surface area contributed by atoms with Gasteiger partial charge in [-0.05, 0) is 12.1 Å². The monoisotopic (exact) mass is 305 g/mol. The molecule has 0 spiro atoms. The molecule has 22 heavy (non-hydrogen) atoms. The normalized spacial score (nSPS) is 15.4. The van der Waals surface area contributed by atoms with Crippen molar-refractivity contribution < 1.29 is 19.0 Å². The number of hydrogen-bond donors (Lipinski definition) is 1. The fraction of sp³-hybridized carbons (Fsp3) is 0.333. The van der Waals surface area contributed by atoms with Crippen LogP contribution < -0.4 is 19.6 Å². The average molecular weight is 305 g/mol. The summed E-state index contributed by atoms with van der Waals surface area (Å²) in [5, 5.41) is 4.10. The molecule has 0 saturated heterocycles. The summed E-state index contributed by atoms with van der Waals surface area (Å²) in [7, 11) is 8.29. The first-order valence-corrected chi connectivity index (χ1v) is 6.58. The molecule has 7 heteroatoms. The minimum Gasteiger partial charge on any atom is -0.493 e. The van der Waals surface area contributed by atoms with Crippen molar-refractivity contribution in [3.8, 4) is 17.2 Å². The maximum absolute atomic E-state index is 11.9. The fourth-order valence-electron chi connectivity index (χ4n) is 2.15. The van der Waals surface area contributed by atoms with Crippen LogP contribution in [0.25, 0.3) is 0 Å². The van der Waals surface area contributed by atoms with Crippen molar-refractivity contribution in [3.63, 3.8) is 0 Å². The Bertz CT molecular complexity index is 625. The average Bonchev–Trinajstić information content (AvgIpc) is 2.86. The standard InChI is InChI=1S/C15H19N3O4/c1-18(2)8-10-13(16-17-15(10)19)9-6-11(20-3)14(22-5)12(7-9)21-4/h6-8H,1-5H3,(H,17,19). The number of ether oxygens (including phenoxy) is 3. The van der Waals surface area contributed by atoms with Gasteiger partial charge >= 0.3 is 0 Å². The van der Waals surface area contributed by atoms with Crippen LogP contribution in [0.1, 0.15) is 5.56 Å². The first-order chi connectivity index (χ1) is 10.5. The van der Waals surface area contributed by atoms with E-state index >= 15 is 0 Å². The molecule has 118 valence electrons. The lowest BCUT2D eigenvalue weighted by Gasteiger charge is -2.14. The van der Waals surface area contributed by atoms with Crippen LogP contribution in [0.15, 0.2) is 29.0 Å². The van der Waals surface area contributed by atoms with E-state index in [0.717, 1.165) is 0 Å². The Balaban J connectivity index is 2.55. The summed E-state index contributed by atoms with van der Waals surface area (Å²) in [6.45, 7) is 0. The molecule has 0 aliphatic carbocycles. The zero-order valence-corrected chi connectivity index (χ0v) is 13.3. The number of benzene rings is 1. The highest BCUT2D eigenvalue weighted by Gasteiger charge is 2.26. The van der Waals surface area contributed by atoms with Crippen LogP contribution >= 0.6 is 0 Å². The summed E-state index contributed by atoms with van der Waals surface area (Å²) >= 11 is 0. The van der Waals surface area contributed by atoms with Gasteiger partial charge in [0.2, 0.25) is 5.75 Å². The Labute approximate surface area is 129 Å². The summed E-state index contributed by atoms with van der Waals surface area (Å²) in [6.07, 6.45) is 1.71. The molecule has 0 unspecified atom stereocenters. The second-order valence-corrected chi connectivity index (χ2v) is 4.82. The molecular weight excluding hydrogens is 286 g/mol. The van der Waals surface area contributed by atoms with Crippen LogP contribution in [0, 0.1) is 0 Å². The van der Waals surface area contributed by atoms with E-state index in [1.165, 1.54) is 21.3 Å². The number of rotatable bonds is 5. The van der Waals surface area contributed by atoms with E-state index in [-0.39, 0.29) is 5.91 Å². The zero-order valence-electron chi connectivity index (χ0n) is 13.3. The summed E-state index contributed by atoms with van der Waals surface area (Å²) in [4.78, 5) is 13.7. The second-order valence-electron chi connectivity index (χ2n) is 4.82. The number of amides is 1. The number of nitrogens with one attached hydrogen (secondary N) is 1. The summed E-state index contributed by atoms with van der Waals surface area (Å²) in [5.41, 5.74) is 4.16. The second kappa shape index (κ2) is 6.38. The molecule has 0 bridgehead atoms. The lowest BCUT2D eigenvalue weighted by molar-refractivity contribution is -0.116. The number of nitrogens with zero attached hydrogens (tertiary/aromatic N) is 2. The number of hydrazone groups is 1. The molecule has 1 aliphatic rings. The summed E-state index contributed by atoms with van der Waals surface area (Å²) < 4.78 is 15.9. The third-order valence-electron chi connectivity index (χ3n) is 3.09. The van der Waals surface area contributed by atoms with Crippen LogP contribution in [0.2, 0.25) is 0 Å². The van der Waals surface area contributed by atoms with Gasteiger partial charge in [0.15, 0.2) is 11.5 Å². The Hall–Kier alpha value is -2.70. The van der Waals surface area contributed by atoms with E-state index in [4.69, 9.17) is 14.2 Å². The number of carbonyl (C=O) groups is 1. The molecular formula is C15H19N3O4. The Morgan fingerprint density at radius 3 is 2.14 bits per heavy atom. The van der Waals surface area contributed by atoms with E-state index in [9.17, 15) is 4.79 Å². The van der Waals surface area contributed by atoms with Gasteiger partial charge in [-0.15, -0.1) is 0 Å². The molecule has 0 aromatic heterocycles.